The van der Waals surface area contributed by atoms with Gasteiger partial charge in [0, 0.05) is 5.69 Å². The highest BCUT2D eigenvalue weighted by Gasteiger charge is 2.13. The number of rotatable bonds is 3. The van der Waals surface area contributed by atoms with Crippen molar-refractivity contribution in [2.75, 3.05) is 5.73 Å². The fourth-order valence-corrected chi connectivity index (χ4v) is 2.20. The minimum Gasteiger partial charge on any atom is -0.369 e. The normalized spacial score (nSPS) is 11.8. The molecule has 0 unspecified atom stereocenters. The zero-order chi connectivity index (χ0) is 14.0. The van der Waals surface area contributed by atoms with E-state index in [1.807, 2.05) is 6.92 Å². The van der Waals surface area contributed by atoms with Gasteiger partial charge in [0.05, 0.1) is 5.69 Å². The highest BCUT2D eigenvalue weighted by Crippen LogP contribution is 2.22. The van der Waals surface area contributed by atoms with Gasteiger partial charge in [-0.3, -0.25) is 0 Å². The van der Waals surface area contributed by atoms with Crippen LogP contribution in [0.25, 0.3) is 0 Å². The summed E-state index contributed by atoms with van der Waals surface area (Å²) in [7, 11) is 0. The summed E-state index contributed by atoms with van der Waals surface area (Å²) in [5.74, 6) is 0.510. The lowest BCUT2D eigenvalue weighted by atomic mass is 9.86. The number of aromatic amines is 1. The van der Waals surface area contributed by atoms with E-state index in [4.69, 9.17) is 5.73 Å². The van der Waals surface area contributed by atoms with Gasteiger partial charge >= 0.3 is 0 Å². The number of nitrogens with one attached hydrogen (secondary N) is 1. The van der Waals surface area contributed by atoms with E-state index in [2.05, 4.69) is 55.0 Å². The van der Waals surface area contributed by atoms with Crippen LogP contribution in [0, 0.1) is 6.92 Å². The Balaban J connectivity index is 2.02. The fourth-order valence-electron chi connectivity index (χ4n) is 2.20. The van der Waals surface area contributed by atoms with Crippen molar-refractivity contribution in [1.29, 1.82) is 0 Å². The maximum atomic E-state index is 5.65. The lowest BCUT2D eigenvalue weighted by molar-refractivity contribution is 0.590. The number of benzene rings is 1. The molecule has 3 N–H and O–H groups in total. The molecule has 0 amide bonds. The molecule has 3 nitrogen and oxygen atoms in total. The van der Waals surface area contributed by atoms with Crippen LogP contribution in [0.4, 0.5) is 5.95 Å². The molecule has 2 rings (SSSR count). The quantitative estimate of drug-likeness (QED) is 0.885. The molecule has 0 bridgehead atoms. The van der Waals surface area contributed by atoms with E-state index in [-0.39, 0.29) is 5.41 Å². The van der Waals surface area contributed by atoms with Gasteiger partial charge in [-0.15, -0.1) is 0 Å². The summed E-state index contributed by atoms with van der Waals surface area (Å²) >= 11 is 0. The van der Waals surface area contributed by atoms with Gasteiger partial charge in [-0.05, 0) is 36.3 Å². The second kappa shape index (κ2) is 5.08. The molecule has 0 aliphatic heterocycles. The van der Waals surface area contributed by atoms with Gasteiger partial charge in [-0.25, -0.2) is 4.98 Å². The van der Waals surface area contributed by atoms with Crippen LogP contribution in [-0.2, 0) is 18.3 Å². The Bertz CT molecular complexity index is 544. The zero-order valence-electron chi connectivity index (χ0n) is 12.2. The van der Waals surface area contributed by atoms with E-state index in [0.29, 0.717) is 5.95 Å². The van der Waals surface area contributed by atoms with Gasteiger partial charge in [0.25, 0.3) is 0 Å². The molecule has 0 atom stereocenters. The van der Waals surface area contributed by atoms with Crippen molar-refractivity contribution < 1.29 is 0 Å². The lowest BCUT2D eigenvalue weighted by Crippen LogP contribution is -2.10. The molecule has 1 aromatic heterocycles. The van der Waals surface area contributed by atoms with Crippen LogP contribution in [0.15, 0.2) is 24.3 Å². The van der Waals surface area contributed by atoms with Gasteiger partial charge in [0.2, 0.25) is 0 Å². The summed E-state index contributed by atoms with van der Waals surface area (Å²) in [5, 5.41) is 0. The van der Waals surface area contributed by atoms with Gasteiger partial charge in [-0.1, -0.05) is 45.0 Å². The molecule has 1 aromatic carbocycles. The largest absolute Gasteiger partial charge is 0.369 e. The molecule has 0 spiro atoms. The molecule has 0 saturated heterocycles. The third-order valence-electron chi connectivity index (χ3n) is 3.47. The first kappa shape index (κ1) is 13.7. The molecule has 3 heteroatoms. The molecule has 0 aliphatic carbocycles. The predicted molar refractivity (Wildman–Crippen MR) is 80.3 cm³/mol. The van der Waals surface area contributed by atoms with Crippen molar-refractivity contribution >= 4 is 5.95 Å². The summed E-state index contributed by atoms with van der Waals surface area (Å²) in [4.78, 5) is 7.34. The monoisotopic (exact) mass is 257 g/mol. The summed E-state index contributed by atoms with van der Waals surface area (Å²) < 4.78 is 0. The van der Waals surface area contributed by atoms with E-state index >= 15 is 0 Å². The molecule has 0 saturated carbocycles. The van der Waals surface area contributed by atoms with Crippen LogP contribution in [-0.4, -0.2) is 9.97 Å². The number of hydrogen-bond acceptors (Lipinski definition) is 2. The number of nitrogen functional groups attached to an aromatic ring is 1. The highest BCUT2D eigenvalue weighted by atomic mass is 15.0. The molecule has 19 heavy (non-hydrogen) atoms. The number of nitrogens with zero attached hydrogens (tertiary/aromatic N) is 1. The van der Waals surface area contributed by atoms with Crippen LogP contribution in [0.1, 0.15) is 43.3 Å². The van der Waals surface area contributed by atoms with Gasteiger partial charge in [-0.2, -0.15) is 0 Å². The van der Waals surface area contributed by atoms with Gasteiger partial charge in [0.1, 0.15) is 0 Å². The third-order valence-corrected chi connectivity index (χ3v) is 3.47. The first-order chi connectivity index (χ1) is 8.86. The van der Waals surface area contributed by atoms with Gasteiger partial charge in [0.15, 0.2) is 5.95 Å². The van der Waals surface area contributed by atoms with Crippen molar-refractivity contribution in [2.45, 2.75) is 46.0 Å². The number of H-pyrrole nitrogens is 1. The molecule has 0 radical (unpaired) electrons. The van der Waals surface area contributed by atoms with Crippen molar-refractivity contribution in [3.63, 3.8) is 0 Å². The zero-order valence-corrected chi connectivity index (χ0v) is 12.2. The maximum absolute atomic E-state index is 5.65. The van der Waals surface area contributed by atoms with Gasteiger partial charge < -0.3 is 10.7 Å². The third kappa shape index (κ3) is 3.37. The average Bonchev–Trinajstić information content (AvgIpc) is 2.65. The molecule has 1 heterocycles. The minimum absolute atomic E-state index is 0.214. The Morgan fingerprint density at radius 1 is 1.11 bits per heavy atom. The van der Waals surface area contributed by atoms with Crippen molar-refractivity contribution in [1.82, 2.24) is 9.97 Å². The van der Waals surface area contributed by atoms with E-state index in [0.717, 1.165) is 24.2 Å². The van der Waals surface area contributed by atoms with Crippen LogP contribution < -0.4 is 5.73 Å². The highest BCUT2D eigenvalue weighted by molar-refractivity contribution is 5.29. The fraction of sp³-hybridized carbons (Fsp3) is 0.438. The van der Waals surface area contributed by atoms with Crippen LogP contribution in [0.2, 0.25) is 0 Å². The minimum atomic E-state index is 0.214. The van der Waals surface area contributed by atoms with E-state index < -0.39 is 0 Å². The Morgan fingerprint density at radius 2 is 1.74 bits per heavy atom. The smallest absolute Gasteiger partial charge is 0.197 e. The van der Waals surface area contributed by atoms with Crippen molar-refractivity contribution in [2.24, 2.45) is 0 Å². The summed E-state index contributed by atoms with van der Waals surface area (Å²) in [6.45, 7) is 8.72. The van der Waals surface area contributed by atoms with Crippen LogP contribution >= 0.6 is 0 Å². The molecule has 0 fully saturated rings. The topological polar surface area (TPSA) is 54.7 Å². The van der Waals surface area contributed by atoms with Crippen molar-refractivity contribution in [3.05, 3.63) is 46.8 Å². The Morgan fingerprint density at radius 3 is 2.21 bits per heavy atom. The van der Waals surface area contributed by atoms with E-state index in [1.54, 1.807) is 0 Å². The number of anilines is 1. The molecule has 102 valence electrons. The number of nitrogens with two attached hydrogens (primary N) is 1. The Labute approximate surface area is 115 Å². The number of aromatic nitrogens is 2. The lowest BCUT2D eigenvalue weighted by Gasteiger charge is -2.19. The number of aryl methyl sites for hydroxylation is 3. The molecular formula is C16H23N3. The first-order valence-electron chi connectivity index (χ1n) is 6.76. The van der Waals surface area contributed by atoms with Crippen molar-refractivity contribution in [3.8, 4) is 0 Å². The predicted octanol–water partition coefficient (Wildman–Crippen LogP) is 3.38. The van der Waals surface area contributed by atoms with Crippen LogP contribution in [0.5, 0.6) is 0 Å². The number of imidazole rings is 1. The number of hydrogen-bond donors (Lipinski definition) is 2. The first-order valence-corrected chi connectivity index (χ1v) is 6.76. The second-order valence-electron chi connectivity index (χ2n) is 6.14. The second-order valence-corrected chi connectivity index (χ2v) is 6.14. The summed E-state index contributed by atoms with van der Waals surface area (Å²) in [5.41, 5.74) is 10.7. The van der Waals surface area contributed by atoms with Crippen LogP contribution in [0.3, 0.4) is 0 Å². The van der Waals surface area contributed by atoms with E-state index in [9.17, 15) is 0 Å². The Hall–Kier alpha value is -1.77. The SMILES string of the molecule is Cc1[nH]c(N)nc1CCc1ccc(C(C)(C)C)cc1. The van der Waals surface area contributed by atoms with E-state index in [1.165, 1.54) is 11.1 Å². The standard InChI is InChI=1S/C16H23N3/c1-11-14(19-15(17)18-11)10-7-12-5-8-13(9-6-12)16(2,3)4/h5-6,8-9H,7,10H2,1-4H3,(H3,17,18,19). The maximum Gasteiger partial charge on any atom is 0.197 e. The summed E-state index contributed by atoms with van der Waals surface area (Å²) in [6.07, 6.45) is 1.92. The Kier molecular flexibility index (Phi) is 3.65. The molecular weight excluding hydrogens is 234 g/mol. The molecule has 0 aliphatic rings. The molecule has 2 aromatic rings. The summed E-state index contributed by atoms with van der Waals surface area (Å²) in [6, 6.07) is 8.88. The average molecular weight is 257 g/mol.